The monoisotopic (exact) mass is 529 g/mol. The molecule has 1 aliphatic heterocycles. The van der Waals surface area contributed by atoms with Gasteiger partial charge in [-0.1, -0.05) is 41.9 Å². The number of carbonyl (C=O) groups is 2. The summed E-state index contributed by atoms with van der Waals surface area (Å²) in [4.78, 5) is 27.4. The molecule has 0 bridgehead atoms. The molecule has 1 aliphatic carbocycles. The van der Waals surface area contributed by atoms with Gasteiger partial charge in [0, 0.05) is 29.2 Å². The minimum atomic E-state index is -0.380. The molecule has 6 heteroatoms. The fraction of sp³-hybridized carbons (Fsp3) is 0.312. The topological polar surface area (TPSA) is 55.8 Å². The number of piperidine rings is 1. The van der Waals surface area contributed by atoms with Crippen LogP contribution in [0.4, 0.5) is 5.69 Å². The molecule has 0 aromatic heterocycles. The second kappa shape index (κ2) is 11.9. The molecule has 0 atom stereocenters. The highest BCUT2D eigenvalue weighted by Crippen LogP contribution is 2.44. The van der Waals surface area contributed by atoms with Crippen molar-refractivity contribution in [2.75, 3.05) is 18.1 Å². The summed E-state index contributed by atoms with van der Waals surface area (Å²) in [6, 6.07) is 21.5. The van der Waals surface area contributed by atoms with Crippen LogP contribution in [-0.2, 0) is 16.1 Å². The predicted octanol–water partition coefficient (Wildman–Crippen LogP) is 7.71. The first kappa shape index (κ1) is 26.1. The van der Waals surface area contributed by atoms with E-state index >= 15 is 0 Å². The maximum atomic E-state index is 12.8. The van der Waals surface area contributed by atoms with Crippen molar-refractivity contribution >= 4 is 40.3 Å². The van der Waals surface area contributed by atoms with Gasteiger partial charge in [0.1, 0.15) is 12.4 Å². The van der Waals surface area contributed by atoms with Crippen LogP contribution in [0.15, 0.2) is 66.7 Å². The molecular weight excluding hydrogens is 498 g/mol. The summed E-state index contributed by atoms with van der Waals surface area (Å²) in [5, 5.41) is 0.644. The number of anilines is 1. The number of allylic oxidation sites excluding steroid dienone is 2. The van der Waals surface area contributed by atoms with E-state index in [4.69, 9.17) is 21.1 Å². The van der Waals surface area contributed by atoms with E-state index in [0.717, 1.165) is 71.4 Å². The van der Waals surface area contributed by atoms with E-state index < -0.39 is 0 Å². The smallest absolute Gasteiger partial charge is 0.338 e. The van der Waals surface area contributed by atoms with E-state index in [-0.39, 0.29) is 11.9 Å². The van der Waals surface area contributed by atoms with E-state index in [1.807, 2.05) is 60.7 Å². The number of rotatable bonds is 8. The number of halogens is 1. The fourth-order valence-electron chi connectivity index (χ4n) is 5.31. The van der Waals surface area contributed by atoms with E-state index in [0.29, 0.717) is 36.8 Å². The van der Waals surface area contributed by atoms with Gasteiger partial charge < -0.3 is 14.4 Å². The third kappa shape index (κ3) is 5.78. The number of ether oxygens (including phenoxy) is 2. The van der Waals surface area contributed by atoms with Crippen LogP contribution < -0.4 is 9.64 Å². The molecule has 3 aromatic carbocycles. The Morgan fingerprint density at radius 1 is 0.921 bits per heavy atom. The first-order chi connectivity index (χ1) is 18.5. The lowest BCUT2D eigenvalue weighted by Crippen LogP contribution is -2.35. The lowest BCUT2D eigenvalue weighted by Gasteiger charge is -2.28. The van der Waals surface area contributed by atoms with Gasteiger partial charge in [-0.2, -0.15) is 0 Å². The maximum Gasteiger partial charge on any atom is 0.338 e. The van der Waals surface area contributed by atoms with Gasteiger partial charge in [0.25, 0.3) is 0 Å². The van der Waals surface area contributed by atoms with E-state index in [9.17, 15) is 9.59 Å². The summed E-state index contributed by atoms with van der Waals surface area (Å²) >= 11 is 6.47. The van der Waals surface area contributed by atoms with Gasteiger partial charge in [-0.15, -0.1) is 0 Å². The third-order valence-electron chi connectivity index (χ3n) is 7.13. The maximum absolute atomic E-state index is 12.8. The van der Waals surface area contributed by atoms with Crippen LogP contribution in [0.1, 0.15) is 72.5 Å². The zero-order valence-corrected chi connectivity index (χ0v) is 22.4. The van der Waals surface area contributed by atoms with E-state index in [1.165, 1.54) is 0 Å². The molecular formula is C32H32ClNO4. The van der Waals surface area contributed by atoms with Gasteiger partial charge >= 0.3 is 5.97 Å². The highest BCUT2D eigenvalue weighted by atomic mass is 35.5. The van der Waals surface area contributed by atoms with Crippen molar-refractivity contribution < 1.29 is 19.1 Å². The molecule has 1 saturated heterocycles. The zero-order valence-electron chi connectivity index (χ0n) is 21.7. The number of carbonyl (C=O) groups excluding carboxylic acids is 2. The Hall–Kier alpha value is -3.57. The number of benzene rings is 3. The van der Waals surface area contributed by atoms with Crippen LogP contribution in [0.25, 0.3) is 11.1 Å². The summed E-state index contributed by atoms with van der Waals surface area (Å²) in [5.74, 6) is 0.491. The van der Waals surface area contributed by atoms with Crippen molar-refractivity contribution in [3.63, 3.8) is 0 Å². The number of amides is 1. The lowest BCUT2D eigenvalue weighted by molar-refractivity contribution is -0.119. The average molecular weight is 530 g/mol. The van der Waals surface area contributed by atoms with Crippen molar-refractivity contribution in [1.29, 1.82) is 0 Å². The Balaban J connectivity index is 1.57. The summed E-state index contributed by atoms with van der Waals surface area (Å²) < 4.78 is 11.6. The van der Waals surface area contributed by atoms with Gasteiger partial charge in [-0.25, -0.2) is 4.79 Å². The molecule has 3 aromatic rings. The minimum Gasteiger partial charge on any atom is -0.488 e. The second-order valence-electron chi connectivity index (χ2n) is 9.72. The molecule has 1 fully saturated rings. The van der Waals surface area contributed by atoms with Crippen LogP contribution in [0, 0.1) is 0 Å². The Bertz CT molecular complexity index is 1370. The summed E-state index contributed by atoms with van der Waals surface area (Å²) in [6.07, 6.45) is 5.09. The molecule has 5 rings (SSSR count). The van der Waals surface area contributed by atoms with Crippen molar-refractivity contribution in [2.45, 2.75) is 52.1 Å². The van der Waals surface area contributed by atoms with Crippen LogP contribution in [-0.4, -0.2) is 25.0 Å². The quantitative estimate of drug-likeness (QED) is 0.280. The minimum absolute atomic E-state index is 0.0928. The first-order valence-electron chi connectivity index (χ1n) is 13.3. The highest BCUT2D eigenvalue weighted by Gasteiger charge is 2.25. The molecule has 196 valence electrons. The van der Waals surface area contributed by atoms with Gasteiger partial charge in [-0.05, 0) is 97.7 Å². The van der Waals surface area contributed by atoms with Gasteiger partial charge in [-0.3, -0.25) is 4.79 Å². The Morgan fingerprint density at radius 2 is 1.74 bits per heavy atom. The van der Waals surface area contributed by atoms with Crippen LogP contribution in [0.5, 0.6) is 5.75 Å². The van der Waals surface area contributed by atoms with Crippen molar-refractivity contribution in [2.24, 2.45) is 0 Å². The number of hydrogen-bond donors (Lipinski definition) is 0. The van der Waals surface area contributed by atoms with E-state index in [2.05, 4.69) is 0 Å². The van der Waals surface area contributed by atoms with Gasteiger partial charge in [0.15, 0.2) is 0 Å². The Labute approximate surface area is 229 Å². The van der Waals surface area contributed by atoms with Gasteiger partial charge in [0.2, 0.25) is 5.91 Å². The lowest BCUT2D eigenvalue weighted by atomic mass is 9.94. The normalized spacial score (nSPS) is 15.6. The van der Waals surface area contributed by atoms with Crippen LogP contribution in [0.2, 0.25) is 5.02 Å². The summed E-state index contributed by atoms with van der Waals surface area (Å²) in [7, 11) is 0. The summed E-state index contributed by atoms with van der Waals surface area (Å²) in [6.45, 7) is 3.20. The molecule has 0 radical (unpaired) electrons. The molecule has 2 aliphatic rings. The molecule has 38 heavy (non-hydrogen) atoms. The molecule has 0 saturated carbocycles. The predicted molar refractivity (Wildman–Crippen MR) is 151 cm³/mol. The average Bonchev–Trinajstić information content (AvgIpc) is 3.43. The Morgan fingerprint density at radius 3 is 2.53 bits per heavy atom. The number of hydrogen-bond acceptors (Lipinski definition) is 4. The highest BCUT2D eigenvalue weighted by molar-refractivity contribution is 6.30. The van der Waals surface area contributed by atoms with Gasteiger partial charge in [0.05, 0.1) is 12.2 Å². The van der Waals surface area contributed by atoms with Crippen molar-refractivity contribution in [3.05, 3.63) is 94.0 Å². The zero-order chi connectivity index (χ0) is 26.5. The summed E-state index contributed by atoms with van der Waals surface area (Å²) in [5.41, 5.74) is 6.51. The molecule has 0 N–H and O–H groups in total. The van der Waals surface area contributed by atoms with Crippen molar-refractivity contribution in [1.82, 2.24) is 0 Å². The number of esters is 1. The first-order valence-corrected chi connectivity index (χ1v) is 13.7. The Kier molecular flexibility index (Phi) is 8.14. The van der Waals surface area contributed by atoms with Crippen LogP contribution in [0.3, 0.4) is 0 Å². The SMILES string of the molecule is CCOC(=O)c1cc(C2=C(c3cc(Cl)ccc3OCc3ccccc3)CCC2)cc(N2CCCCC2=O)c1. The largest absolute Gasteiger partial charge is 0.488 e. The van der Waals surface area contributed by atoms with E-state index in [1.54, 1.807) is 17.9 Å². The molecule has 0 unspecified atom stereocenters. The van der Waals surface area contributed by atoms with Crippen LogP contribution >= 0.6 is 11.6 Å². The molecule has 1 amide bonds. The standard InChI is InChI=1S/C32H32ClNO4/c1-2-37-32(36)24-17-23(18-26(19-24)34-16-7-6-13-31(34)35)27-11-8-12-28(27)29-20-25(33)14-15-30(29)38-21-22-9-4-3-5-10-22/h3-5,9-10,14-15,17-20H,2,6-8,11-13,16,21H2,1H3. The fourth-order valence-corrected chi connectivity index (χ4v) is 5.48. The number of nitrogens with zero attached hydrogens (tertiary/aromatic N) is 1. The second-order valence-corrected chi connectivity index (χ2v) is 10.2. The van der Waals surface area contributed by atoms with Crippen molar-refractivity contribution in [3.8, 4) is 5.75 Å². The molecule has 1 heterocycles. The molecule has 0 spiro atoms. The third-order valence-corrected chi connectivity index (χ3v) is 7.37. The molecule has 5 nitrogen and oxygen atoms in total.